The summed E-state index contributed by atoms with van der Waals surface area (Å²) in [5.41, 5.74) is 0.228. The van der Waals surface area contributed by atoms with Gasteiger partial charge < -0.3 is 14.4 Å². The molecule has 0 aliphatic carbocycles. The van der Waals surface area contributed by atoms with Crippen molar-refractivity contribution in [2.45, 2.75) is 6.18 Å². The first-order chi connectivity index (χ1) is 11.4. The summed E-state index contributed by atoms with van der Waals surface area (Å²) in [6, 6.07) is 2.39. The highest BCUT2D eigenvalue weighted by Crippen LogP contribution is 2.28. The van der Waals surface area contributed by atoms with Crippen molar-refractivity contribution < 1.29 is 18.0 Å². The van der Waals surface area contributed by atoms with E-state index in [1.165, 1.54) is 18.5 Å². The van der Waals surface area contributed by atoms with Crippen molar-refractivity contribution in [3.8, 4) is 0 Å². The Balaban J connectivity index is 1.63. The summed E-state index contributed by atoms with van der Waals surface area (Å²) in [7, 11) is 1.75. The van der Waals surface area contributed by atoms with E-state index in [1.54, 1.807) is 22.8 Å². The second-order valence-electron chi connectivity index (χ2n) is 5.57. The van der Waals surface area contributed by atoms with Gasteiger partial charge in [-0.2, -0.15) is 13.2 Å². The fraction of sp³-hybridized carbons (Fsp3) is 0.400. The zero-order valence-electron chi connectivity index (χ0n) is 13.0. The number of carbonyl (C=O) groups is 1. The van der Waals surface area contributed by atoms with Gasteiger partial charge in [0.25, 0.3) is 5.91 Å². The largest absolute Gasteiger partial charge is 0.433 e. The third-order valence-corrected chi connectivity index (χ3v) is 4.01. The van der Waals surface area contributed by atoms with Crippen molar-refractivity contribution in [3.05, 3.63) is 42.2 Å². The summed E-state index contributed by atoms with van der Waals surface area (Å²) in [4.78, 5) is 23.4. The molecule has 1 aliphatic heterocycles. The lowest BCUT2D eigenvalue weighted by molar-refractivity contribution is -0.141. The van der Waals surface area contributed by atoms with Gasteiger partial charge >= 0.3 is 6.18 Å². The van der Waals surface area contributed by atoms with E-state index >= 15 is 0 Å². The third-order valence-electron chi connectivity index (χ3n) is 4.01. The third kappa shape index (κ3) is 3.19. The van der Waals surface area contributed by atoms with Gasteiger partial charge in [0.15, 0.2) is 0 Å². The zero-order valence-corrected chi connectivity index (χ0v) is 13.0. The minimum atomic E-state index is -4.44. The number of halogens is 3. The molecule has 0 N–H and O–H groups in total. The van der Waals surface area contributed by atoms with Crippen LogP contribution in [-0.2, 0) is 13.2 Å². The molecule has 3 heterocycles. The highest BCUT2D eigenvalue weighted by Gasteiger charge is 2.32. The fourth-order valence-corrected chi connectivity index (χ4v) is 2.63. The SMILES string of the molecule is Cn1cncc1C(=O)N1CCN(c2ccc(C(F)(F)F)nc2)CC1. The van der Waals surface area contributed by atoms with Gasteiger partial charge in [-0.3, -0.25) is 4.79 Å². The van der Waals surface area contributed by atoms with E-state index in [2.05, 4.69) is 9.97 Å². The van der Waals surface area contributed by atoms with E-state index in [4.69, 9.17) is 0 Å². The molecule has 0 atom stereocenters. The molecule has 0 radical (unpaired) electrons. The van der Waals surface area contributed by atoms with Crippen LogP contribution in [0.2, 0.25) is 0 Å². The van der Waals surface area contributed by atoms with Crippen molar-refractivity contribution in [1.29, 1.82) is 0 Å². The summed E-state index contributed by atoms with van der Waals surface area (Å²) >= 11 is 0. The highest BCUT2D eigenvalue weighted by molar-refractivity contribution is 5.92. The van der Waals surface area contributed by atoms with Gasteiger partial charge in [0.05, 0.1) is 24.4 Å². The topological polar surface area (TPSA) is 54.3 Å². The van der Waals surface area contributed by atoms with Crippen LogP contribution in [-0.4, -0.2) is 51.5 Å². The van der Waals surface area contributed by atoms with Crippen LogP contribution < -0.4 is 4.90 Å². The molecule has 128 valence electrons. The van der Waals surface area contributed by atoms with Gasteiger partial charge in [-0.1, -0.05) is 0 Å². The van der Waals surface area contributed by atoms with E-state index in [-0.39, 0.29) is 5.91 Å². The van der Waals surface area contributed by atoms with Crippen LogP contribution in [0.3, 0.4) is 0 Å². The number of pyridine rings is 1. The number of aryl methyl sites for hydroxylation is 1. The number of hydrogen-bond acceptors (Lipinski definition) is 4. The molecule has 0 spiro atoms. The van der Waals surface area contributed by atoms with Crippen LogP contribution in [0.15, 0.2) is 30.9 Å². The van der Waals surface area contributed by atoms with Gasteiger partial charge in [0, 0.05) is 33.2 Å². The lowest BCUT2D eigenvalue weighted by Crippen LogP contribution is -2.49. The molecule has 1 aliphatic rings. The second kappa shape index (κ2) is 6.14. The van der Waals surface area contributed by atoms with Crippen LogP contribution in [0.4, 0.5) is 18.9 Å². The molecule has 0 bridgehead atoms. The fourth-order valence-electron chi connectivity index (χ4n) is 2.63. The summed E-state index contributed by atoms with van der Waals surface area (Å²) in [6.45, 7) is 2.06. The van der Waals surface area contributed by atoms with Crippen LogP contribution in [0.5, 0.6) is 0 Å². The first kappa shape index (κ1) is 16.3. The molecule has 1 saturated heterocycles. The Kier molecular flexibility index (Phi) is 4.16. The molecule has 24 heavy (non-hydrogen) atoms. The molecule has 1 fully saturated rings. The standard InChI is InChI=1S/C15H16F3N5O/c1-21-10-19-9-12(21)14(24)23-6-4-22(5-7-23)11-2-3-13(20-8-11)15(16,17)18/h2-3,8-10H,4-7H2,1H3. The van der Waals surface area contributed by atoms with Crippen LogP contribution >= 0.6 is 0 Å². The van der Waals surface area contributed by atoms with Crippen molar-refractivity contribution in [1.82, 2.24) is 19.4 Å². The average molecular weight is 339 g/mol. The van der Waals surface area contributed by atoms with Crippen LogP contribution in [0.1, 0.15) is 16.2 Å². The Morgan fingerprint density at radius 3 is 2.33 bits per heavy atom. The van der Waals surface area contributed by atoms with E-state index in [9.17, 15) is 18.0 Å². The quantitative estimate of drug-likeness (QED) is 0.837. The maximum atomic E-state index is 12.5. The number of hydrogen-bond donors (Lipinski definition) is 0. The van der Waals surface area contributed by atoms with Gasteiger partial charge in [0.2, 0.25) is 0 Å². The molecular formula is C15H16F3N5O. The Labute approximate surface area is 136 Å². The van der Waals surface area contributed by atoms with Crippen molar-refractivity contribution in [2.75, 3.05) is 31.1 Å². The summed E-state index contributed by atoms with van der Waals surface area (Å²) < 4.78 is 39.3. The number of piperazine rings is 1. The number of anilines is 1. The van der Waals surface area contributed by atoms with Crippen molar-refractivity contribution >= 4 is 11.6 Å². The Morgan fingerprint density at radius 2 is 1.83 bits per heavy atom. The normalized spacial score (nSPS) is 15.7. The van der Waals surface area contributed by atoms with Crippen LogP contribution in [0, 0.1) is 0 Å². The van der Waals surface area contributed by atoms with Gasteiger partial charge in [-0.05, 0) is 12.1 Å². The lowest BCUT2D eigenvalue weighted by Gasteiger charge is -2.36. The smallest absolute Gasteiger partial charge is 0.367 e. The number of imidazole rings is 1. The molecule has 0 unspecified atom stereocenters. The monoisotopic (exact) mass is 339 g/mol. The van der Waals surface area contributed by atoms with Gasteiger partial charge in [0.1, 0.15) is 11.4 Å². The predicted octanol–water partition coefficient (Wildman–Crippen LogP) is 1.80. The Hall–Kier alpha value is -2.58. The van der Waals surface area contributed by atoms with Crippen LogP contribution in [0.25, 0.3) is 0 Å². The molecule has 9 heteroatoms. The first-order valence-corrected chi connectivity index (χ1v) is 7.40. The number of nitrogens with zero attached hydrogens (tertiary/aromatic N) is 5. The molecular weight excluding hydrogens is 323 g/mol. The maximum absolute atomic E-state index is 12.5. The number of carbonyl (C=O) groups excluding carboxylic acids is 1. The van der Waals surface area contributed by atoms with E-state index in [0.717, 1.165) is 6.07 Å². The second-order valence-corrected chi connectivity index (χ2v) is 5.57. The molecule has 2 aromatic rings. The van der Waals surface area contributed by atoms with E-state index in [1.807, 2.05) is 4.90 Å². The van der Waals surface area contributed by atoms with Gasteiger partial charge in [-0.25, -0.2) is 9.97 Å². The van der Waals surface area contributed by atoms with Crippen molar-refractivity contribution in [3.63, 3.8) is 0 Å². The summed E-state index contributed by atoms with van der Waals surface area (Å²) in [5, 5.41) is 0. The number of alkyl halides is 3. The molecule has 1 amide bonds. The highest BCUT2D eigenvalue weighted by atomic mass is 19.4. The lowest BCUT2D eigenvalue weighted by atomic mass is 10.2. The minimum Gasteiger partial charge on any atom is -0.367 e. The van der Waals surface area contributed by atoms with E-state index in [0.29, 0.717) is 37.6 Å². The molecule has 0 aromatic carbocycles. The average Bonchev–Trinajstić information content (AvgIpc) is 3.00. The van der Waals surface area contributed by atoms with E-state index < -0.39 is 11.9 Å². The number of aromatic nitrogens is 3. The maximum Gasteiger partial charge on any atom is 0.433 e. The molecule has 3 rings (SSSR count). The molecule has 6 nitrogen and oxygen atoms in total. The van der Waals surface area contributed by atoms with Gasteiger partial charge in [-0.15, -0.1) is 0 Å². The molecule has 2 aromatic heterocycles. The Morgan fingerprint density at radius 1 is 1.12 bits per heavy atom. The summed E-state index contributed by atoms with van der Waals surface area (Å²) in [6.07, 6.45) is -0.125. The zero-order chi connectivity index (χ0) is 17.3. The molecule has 0 saturated carbocycles. The summed E-state index contributed by atoms with van der Waals surface area (Å²) in [5.74, 6) is -0.0970. The number of amides is 1. The number of rotatable bonds is 2. The first-order valence-electron chi connectivity index (χ1n) is 7.40. The predicted molar refractivity (Wildman–Crippen MR) is 80.6 cm³/mol. The minimum absolute atomic E-state index is 0.0970. The van der Waals surface area contributed by atoms with Crippen molar-refractivity contribution in [2.24, 2.45) is 7.05 Å². The Bertz CT molecular complexity index is 717.